The molecule has 0 aromatic heterocycles. The average Bonchev–Trinajstić information content (AvgIpc) is 3.52. The van der Waals surface area contributed by atoms with E-state index in [-0.39, 0.29) is 41.5 Å². The van der Waals surface area contributed by atoms with E-state index in [0.717, 1.165) is 63.4 Å². The molecule has 3 amide bonds. The van der Waals surface area contributed by atoms with Crippen LogP contribution in [-0.2, 0) is 20.9 Å². The van der Waals surface area contributed by atoms with Crippen LogP contribution in [0.4, 0.5) is 0 Å². The average molecular weight is 542 g/mol. The fourth-order valence-electron chi connectivity index (χ4n) is 7.54. The molecule has 6 atom stereocenters. The van der Waals surface area contributed by atoms with E-state index >= 15 is 0 Å². The second-order valence-electron chi connectivity index (χ2n) is 11.8. The van der Waals surface area contributed by atoms with Crippen LogP contribution in [0.3, 0.4) is 0 Å². The fourth-order valence-corrected chi connectivity index (χ4v) is 9.96. The summed E-state index contributed by atoms with van der Waals surface area (Å²) < 4.78 is -0.555. The van der Waals surface area contributed by atoms with Gasteiger partial charge in [-0.1, -0.05) is 69.4 Å². The predicted octanol–water partition coefficient (Wildman–Crippen LogP) is 3.64. The van der Waals surface area contributed by atoms with Crippen molar-refractivity contribution in [3.05, 3.63) is 35.9 Å². The molecule has 0 radical (unpaired) electrons. The molecule has 4 aliphatic rings. The highest BCUT2D eigenvalue weighted by Gasteiger charge is 2.75. The van der Waals surface area contributed by atoms with Crippen LogP contribution >= 0.6 is 11.8 Å². The molecule has 1 aromatic rings. The highest BCUT2D eigenvalue weighted by Crippen LogP contribution is 2.68. The number of rotatable bonds is 11. The number of fused-ring (bicyclic) bond motifs is 1. The first-order valence-electron chi connectivity index (χ1n) is 14.7. The molecule has 1 saturated carbocycles. The summed E-state index contributed by atoms with van der Waals surface area (Å²) in [5.74, 6) is -0.778. The maximum absolute atomic E-state index is 14.1. The van der Waals surface area contributed by atoms with Crippen molar-refractivity contribution in [3.8, 4) is 0 Å². The molecule has 3 saturated heterocycles. The van der Waals surface area contributed by atoms with E-state index in [0.29, 0.717) is 13.1 Å². The number of carbonyl (C=O) groups excluding carboxylic acids is 3. The van der Waals surface area contributed by atoms with Gasteiger partial charge < -0.3 is 20.6 Å². The van der Waals surface area contributed by atoms with Crippen LogP contribution in [-0.4, -0.2) is 63.0 Å². The number of hydrogen-bond donors (Lipinski definition) is 3. The second kappa shape index (κ2) is 12.0. The van der Waals surface area contributed by atoms with Crippen LogP contribution < -0.4 is 10.6 Å². The molecule has 208 valence electrons. The van der Waals surface area contributed by atoms with Gasteiger partial charge >= 0.3 is 0 Å². The number of thioether (sulfide) groups is 1. The number of carbonyl (C=O) groups is 3. The molecule has 5 rings (SSSR count). The van der Waals surface area contributed by atoms with Crippen molar-refractivity contribution >= 4 is 29.5 Å². The summed E-state index contributed by atoms with van der Waals surface area (Å²) in [6.45, 7) is 3.32. The van der Waals surface area contributed by atoms with Gasteiger partial charge in [0.25, 0.3) is 0 Å². The number of amides is 3. The summed E-state index contributed by atoms with van der Waals surface area (Å²) in [4.78, 5) is 43.6. The summed E-state index contributed by atoms with van der Waals surface area (Å²) in [5.41, 5.74) is 1.03. The molecule has 2 bridgehead atoms. The van der Waals surface area contributed by atoms with E-state index in [4.69, 9.17) is 5.11 Å². The monoisotopic (exact) mass is 541 g/mol. The van der Waals surface area contributed by atoms with Crippen molar-refractivity contribution in [2.75, 3.05) is 13.2 Å². The zero-order valence-corrected chi connectivity index (χ0v) is 23.4. The van der Waals surface area contributed by atoms with Crippen molar-refractivity contribution in [3.63, 3.8) is 0 Å². The normalized spacial score (nSPS) is 32.4. The molecule has 3 unspecified atom stereocenters. The van der Waals surface area contributed by atoms with Gasteiger partial charge in [-0.15, -0.1) is 11.8 Å². The molecule has 4 fully saturated rings. The molecule has 1 aliphatic carbocycles. The molecule has 1 aromatic carbocycles. The lowest BCUT2D eigenvalue weighted by Crippen LogP contribution is -2.58. The minimum Gasteiger partial charge on any atom is -0.396 e. The van der Waals surface area contributed by atoms with Crippen molar-refractivity contribution < 1.29 is 19.5 Å². The fraction of sp³-hybridized carbons (Fsp3) is 0.700. The molecule has 3 heterocycles. The van der Waals surface area contributed by atoms with Gasteiger partial charge in [0, 0.05) is 31.0 Å². The Morgan fingerprint density at radius 3 is 2.53 bits per heavy atom. The Morgan fingerprint density at radius 2 is 1.79 bits per heavy atom. The zero-order chi connectivity index (χ0) is 26.7. The van der Waals surface area contributed by atoms with Crippen LogP contribution in [0.15, 0.2) is 30.3 Å². The van der Waals surface area contributed by atoms with E-state index in [9.17, 15) is 14.4 Å². The minimum atomic E-state index is -0.555. The molecule has 1 spiro atoms. The third-order valence-corrected chi connectivity index (χ3v) is 11.4. The Kier molecular flexibility index (Phi) is 8.68. The van der Waals surface area contributed by atoms with Gasteiger partial charge in [0.2, 0.25) is 17.7 Å². The number of benzene rings is 1. The van der Waals surface area contributed by atoms with Gasteiger partial charge in [0.05, 0.1) is 16.6 Å². The van der Waals surface area contributed by atoms with Crippen LogP contribution in [0, 0.1) is 17.8 Å². The largest absolute Gasteiger partial charge is 0.396 e. The van der Waals surface area contributed by atoms with Crippen LogP contribution in [0.5, 0.6) is 0 Å². The summed E-state index contributed by atoms with van der Waals surface area (Å²) in [7, 11) is 0. The first-order valence-corrected chi connectivity index (χ1v) is 15.6. The number of nitrogens with one attached hydrogen (secondary N) is 2. The van der Waals surface area contributed by atoms with E-state index in [2.05, 4.69) is 17.6 Å². The van der Waals surface area contributed by atoms with Crippen molar-refractivity contribution in [2.45, 2.75) is 99.8 Å². The summed E-state index contributed by atoms with van der Waals surface area (Å²) in [6.07, 6.45) is 9.71. The Morgan fingerprint density at radius 1 is 1.05 bits per heavy atom. The van der Waals surface area contributed by atoms with Gasteiger partial charge in [-0.05, 0) is 43.6 Å². The number of unbranched alkanes of at least 4 members (excludes halogenated alkanes) is 3. The van der Waals surface area contributed by atoms with Gasteiger partial charge in [-0.25, -0.2) is 0 Å². The Labute approximate surface area is 230 Å². The molecular formula is C30H43N3O4S. The summed E-state index contributed by atoms with van der Waals surface area (Å²) in [6, 6.07) is 9.50. The number of likely N-dealkylation sites (tertiary alicyclic amines) is 1. The molecule has 3 aliphatic heterocycles. The Hall–Kier alpha value is -2.06. The highest BCUT2D eigenvalue weighted by molar-refractivity contribution is 8.02. The lowest BCUT2D eigenvalue weighted by molar-refractivity contribution is -0.140. The summed E-state index contributed by atoms with van der Waals surface area (Å²) >= 11 is 1.75. The number of hydrogen-bond acceptors (Lipinski definition) is 5. The van der Waals surface area contributed by atoms with Crippen LogP contribution in [0.2, 0.25) is 0 Å². The lowest BCUT2D eigenvalue weighted by Gasteiger charge is -2.39. The molecule has 7 nitrogen and oxygen atoms in total. The van der Waals surface area contributed by atoms with Crippen molar-refractivity contribution in [2.24, 2.45) is 17.8 Å². The third kappa shape index (κ3) is 5.10. The second-order valence-corrected chi connectivity index (χ2v) is 13.3. The van der Waals surface area contributed by atoms with Gasteiger partial charge in [0.15, 0.2) is 0 Å². The highest BCUT2D eigenvalue weighted by atomic mass is 32.2. The first-order chi connectivity index (χ1) is 18.5. The smallest absolute Gasteiger partial charge is 0.244 e. The molecule has 8 heteroatoms. The Balaban J connectivity index is 1.38. The van der Waals surface area contributed by atoms with Crippen molar-refractivity contribution in [1.29, 1.82) is 0 Å². The quantitative estimate of drug-likeness (QED) is 0.372. The molecule has 3 N–H and O–H groups in total. The summed E-state index contributed by atoms with van der Waals surface area (Å²) in [5, 5.41) is 15.7. The molecule has 38 heavy (non-hydrogen) atoms. The third-order valence-electron chi connectivity index (χ3n) is 9.36. The lowest BCUT2D eigenvalue weighted by atomic mass is 9.65. The number of aliphatic hydroxyl groups is 1. The van der Waals surface area contributed by atoms with Gasteiger partial charge in [-0.2, -0.15) is 0 Å². The first kappa shape index (κ1) is 27.5. The van der Waals surface area contributed by atoms with Crippen molar-refractivity contribution in [1.82, 2.24) is 15.5 Å². The van der Waals surface area contributed by atoms with E-state index in [1.165, 1.54) is 6.42 Å². The number of nitrogens with zero attached hydrogens (tertiary/aromatic N) is 1. The maximum Gasteiger partial charge on any atom is 0.244 e. The van der Waals surface area contributed by atoms with E-state index in [1.807, 2.05) is 35.2 Å². The SMILES string of the molecule is CC1C[C@H]2SC13C(C(=O)NC1CCCCC1)N(CCCCCCO)C(=O)[C@@H]3[C@H]2C(=O)NCc1ccccc1. The van der Waals surface area contributed by atoms with Gasteiger partial charge in [0.1, 0.15) is 6.04 Å². The Bertz CT molecular complexity index is 1000. The van der Waals surface area contributed by atoms with E-state index < -0.39 is 22.6 Å². The van der Waals surface area contributed by atoms with Crippen LogP contribution in [0.1, 0.15) is 76.7 Å². The zero-order valence-electron chi connectivity index (χ0n) is 22.6. The van der Waals surface area contributed by atoms with Crippen LogP contribution in [0.25, 0.3) is 0 Å². The van der Waals surface area contributed by atoms with E-state index in [1.54, 1.807) is 11.8 Å². The minimum absolute atomic E-state index is 0.0163. The maximum atomic E-state index is 14.1. The van der Waals surface area contributed by atoms with Gasteiger partial charge in [-0.3, -0.25) is 14.4 Å². The number of aliphatic hydroxyl groups excluding tert-OH is 1. The standard InChI is InChI=1S/C30H43N3O4S/c1-20-18-23-24(27(35)31-19-21-12-6-4-7-13-21)25-29(37)33(16-10-2-3-11-17-34)26(30(20,25)38-23)28(36)32-22-14-8-5-9-15-22/h4,6-7,12-13,20,22-26,34H,2-3,5,8-11,14-19H2,1H3,(H,31,35)(H,32,36)/t20?,23-,24+,25+,26?,30?/m1/s1. The predicted molar refractivity (Wildman–Crippen MR) is 149 cm³/mol. The topological polar surface area (TPSA) is 98.7 Å². The molecular weight excluding hydrogens is 498 g/mol.